The number of benzene rings is 6. The predicted molar refractivity (Wildman–Crippen MR) is 182 cm³/mol. The van der Waals surface area contributed by atoms with Gasteiger partial charge in [-0.15, -0.1) is 11.3 Å². The second-order valence-corrected chi connectivity index (χ2v) is 11.3. The first-order valence-electron chi connectivity index (χ1n) is 14.0. The lowest BCUT2D eigenvalue weighted by molar-refractivity contribution is 1.30. The van der Waals surface area contributed by atoms with E-state index in [0.717, 1.165) is 39.3 Å². The van der Waals surface area contributed by atoms with Gasteiger partial charge in [-0.3, -0.25) is 9.69 Å². The zero-order valence-electron chi connectivity index (χ0n) is 23.4. The lowest BCUT2D eigenvalue weighted by Crippen LogP contribution is -2.10. The number of fused-ring (bicyclic) bond motifs is 3. The molecule has 0 atom stereocenters. The van der Waals surface area contributed by atoms with Crippen molar-refractivity contribution in [3.8, 4) is 28.3 Å². The van der Waals surface area contributed by atoms with Gasteiger partial charge in [-0.1, -0.05) is 84.9 Å². The van der Waals surface area contributed by atoms with E-state index in [9.17, 15) is 5.26 Å². The van der Waals surface area contributed by atoms with Crippen molar-refractivity contribution in [2.24, 2.45) is 0 Å². The molecule has 0 aliphatic heterocycles. The standard InChI is InChI=1S/C39H22N4S/c1-41-35-23-18-30(24-36(35)42-2)29-16-21-32(22-17-29)43(31-19-14-28(15-20-31)27-12-10-26(25-40)11-13-27)37-8-5-7-34-33-6-3-4-9-38(33)44-39(34)37/h3-24H. The zero-order chi connectivity index (χ0) is 30.0. The fourth-order valence-corrected chi connectivity index (χ4v) is 6.77. The van der Waals surface area contributed by atoms with E-state index in [-0.39, 0.29) is 0 Å². The molecule has 4 nitrogen and oxygen atoms in total. The summed E-state index contributed by atoms with van der Waals surface area (Å²) in [6.07, 6.45) is 0. The molecule has 0 N–H and O–H groups in total. The highest BCUT2D eigenvalue weighted by atomic mass is 32.1. The lowest BCUT2D eigenvalue weighted by Gasteiger charge is -2.26. The summed E-state index contributed by atoms with van der Waals surface area (Å²) in [5, 5.41) is 11.7. The third-order valence-electron chi connectivity index (χ3n) is 7.77. The molecular weight excluding hydrogens is 557 g/mol. The van der Waals surface area contributed by atoms with Crippen molar-refractivity contribution in [1.29, 1.82) is 5.26 Å². The largest absolute Gasteiger partial charge is 0.309 e. The molecule has 0 unspecified atom stereocenters. The summed E-state index contributed by atoms with van der Waals surface area (Å²) >= 11 is 1.80. The van der Waals surface area contributed by atoms with Crippen molar-refractivity contribution in [1.82, 2.24) is 0 Å². The molecule has 0 aliphatic carbocycles. The molecule has 0 aliphatic rings. The van der Waals surface area contributed by atoms with Crippen molar-refractivity contribution in [2.45, 2.75) is 0 Å². The smallest absolute Gasteiger partial charge is 0.195 e. The average Bonchev–Trinajstić information content (AvgIpc) is 3.48. The Hall–Kier alpha value is -6.19. The Bertz CT molecular complexity index is 2290. The van der Waals surface area contributed by atoms with Gasteiger partial charge < -0.3 is 4.90 Å². The van der Waals surface area contributed by atoms with E-state index in [2.05, 4.69) is 112 Å². The van der Waals surface area contributed by atoms with Crippen molar-refractivity contribution >= 4 is 59.9 Å². The molecule has 204 valence electrons. The molecule has 7 rings (SSSR count). The Balaban J connectivity index is 1.35. The van der Waals surface area contributed by atoms with Gasteiger partial charge in [-0.2, -0.15) is 5.26 Å². The molecule has 0 saturated heterocycles. The number of rotatable bonds is 5. The molecule has 0 fully saturated rings. The van der Waals surface area contributed by atoms with Crippen LogP contribution in [0.5, 0.6) is 0 Å². The van der Waals surface area contributed by atoms with Crippen LogP contribution < -0.4 is 4.90 Å². The van der Waals surface area contributed by atoms with Crippen LogP contribution in [0.1, 0.15) is 5.56 Å². The topological polar surface area (TPSA) is 35.8 Å². The highest BCUT2D eigenvalue weighted by Crippen LogP contribution is 2.45. The summed E-state index contributed by atoms with van der Waals surface area (Å²) in [7, 11) is 0. The Kier molecular flexibility index (Phi) is 6.82. The molecule has 5 heteroatoms. The van der Waals surface area contributed by atoms with Gasteiger partial charge in [0.2, 0.25) is 0 Å². The number of hydrogen-bond donors (Lipinski definition) is 0. The molecular formula is C39H22N4S. The van der Waals surface area contributed by atoms with Crippen LogP contribution in [-0.4, -0.2) is 0 Å². The van der Waals surface area contributed by atoms with Gasteiger partial charge >= 0.3 is 0 Å². The van der Waals surface area contributed by atoms with Crippen LogP contribution in [0.15, 0.2) is 133 Å². The van der Waals surface area contributed by atoms with Crippen LogP contribution in [0, 0.1) is 24.5 Å². The maximum absolute atomic E-state index is 9.18. The Labute approximate surface area is 259 Å². The molecule has 0 bridgehead atoms. The number of anilines is 3. The summed E-state index contributed by atoms with van der Waals surface area (Å²) in [5.74, 6) is 0. The summed E-state index contributed by atoms with van der Waals surface area (Å²) < 4.78 is 2.46. The van der Waals surface area contributed by atoms with Gasteiger partial charge in [0.1, 0.15) is 0 Å². The predicted octanol–water partition coefficient (Wildman–Crippen LogP) is 11.8. The molecule has 1 heterocycles. The van der Waals surface area contributed by atoms with Crippen LogP contribution in [0.25, 0.3) is 52.1 Å². The van der Waals surface area contributed by atoms with Crippen molar-refractivity contribution in [2.75, 3.05) is 4.90 Å². The summed E-state index contributed by atoms with van der Waals surface area (Å²) in [6, 6.07) is 47.1. The maximum atomic E-state index is 9.18. The SMILES string of the molecule is [C-]#[N+]c1ccc(-c2ccc(N(c3ccc(-c4ccc(C#N)cc4)cc3)c3cccc4c3sc3ccccc34)cc2)cc1[N+]#[C-]. The van der Waals surface area contributed by atoms with E-state index in [1.807, 2.05) is 30.3 Å². The molecule has 0 spiro atoms. The summed E-state index contributed by atoms with van der Waals surface area (Å²) in [6.45, 7) is 14.8. The molecule has 6 aromatic carbocycles. The highest BCUT2D eigenvalue weighted by Gasteiger charge is 2.18. The van der Waals surface area contributed by atoms with E-state index in [4.69, 9.17) is 13.1 Å². The number of thiophene rings is 1. The highest BCUT2D eigenvalue weighted by molar-refractivity contribution is 7.26. The molecule has 0 saturated carbocycles. The van der Waals surface area contributed by atoms with E-state index in [1.165, 1.54) is 20.2 Å². The molecule has 0 radical (unpaired) electrons. The quantitative estimate of drug-likeness (QED) is 0.190. The molecule has 1 aromatic heterocycles. The minimum absolute atomic E-state index is 0.363. The fourth-order valence-electron chi connectivity index (χ4n) is 5.57. The number of nitrogens with zero attached hydrogens (tertiary/aromatic N) is 4. The third kappa shape index (κ3) is 4.73. The average molecular weight is 579 g/mol. The van der Waals surface area contributed by atoms with E-state index < -0.39 is 0 Å². The number of hydrogen-bond acceptors (Lipinski definition) is 3. The third-order valence-corrected chi connectivity index (χ3v) is 8.98. The van der Waals surface area contributed by atoms with Gasteiger partial charge in [0.25, 0.3) is 0 Å². The van der Waals surface area contributed by atoms with Gasteiger partial charge in [-0.05, 0) is 70.8 Å². The van der Waals surface area contributed by atoms with Crippen molar-refractivity contribution in [3.63, 3.8) is 0 Å². The van der Waals surface area contributed by atoms with Crippen LogP contribution in [0.2, 0.25) is 0 Å². The van der Waals surface area contributed by atoms with Gasteiger partial charge in [-0.25, -0.2) is 0 Å². The van der Waals surface area contributed by atoms with Gasteiger partial charge in [0.05, 0.1) is 35.2 Å². The van der Waals surface area contributed by atoms with Crippen LogP contribution >= 0.6 is 11.3 Å². The van der Waals surface area contributed by atoms with Crippen LogP contribution in [0.3, 0.4) is 0 Å². The van der Waals surface area contributed by atoms with E-state index in [0.29, 0.717) is 16.9 Å². The van der Waals surface area contributed by atoms with E-state index >= 15 is 0 Å². The first kappa shape index (κ1) is 26.7. The summed E-state index contributed by atoms with van der Waals surface area (Å²) in [5.41, 5.74) is 8.52. The second-order valence-electron chi connectivity index (χ2n) is 10.3. The Morgan fingerprint density at radius 2 is 1.14 bits per heavy atom. The second kappa shape index (κ2) is 11.2. The Morgan fingerprint density at radius 1 is 0.568 bits per heavy atom. The van der Waals surface area contributed by atoms with Crippen LogP contribution in [0.4, 0.5) is 28.4 Å². The Morgan fingerprint density at radius 3 is 1.77 bits per heavy atom. The van der Waals surface area contributed by atoms with Crippen molar-refractivity contribution in [3.05, 3.63) is 162 Å². The monoisotopic (exact) mass is 578 g/mol. The lowest BCUT2D eigenvalue weighted by atomic mass is 10.0. The fraction of sp³-hybridized carbons (Fsp3) is 0. The minimum Gasteiger partial charge on any atom is -0.309 e. The number of nitriles is 1. The zero-order valence-corrected chi connectivity index (χ0v) is 24.2. The van der Waals surface area contributed by atoms with E-state index in [1.54, 1.807) is 23.5 Å². The maximum Gasteiger partial charge on any atom is 0.195 e. The van der Waals surface area contributed by atoms with Crippen LogP contribution in [-0.2, 0) is 0 Å². The minimum atomic E-state index is 0.363. The normalized spacial score (nSPS) is 10.7. The molecule has 44 heavy (non-hydrogen) atoms. The van der Waals surface area contributed by atoms with Gasteiger partial charge in [0.15, 0.2) is 11.4 Å². The first-order chi connectivity index (χ1) is 21.7. The first-order valence-corrected chi connectivity index (χ1v) is 14.8. The summed E-state index contributed by atoms with van der Waals surface area (Å²) in [4.78, 5) is 9.31. The molecule has 7 aromatic rings. The van der Waals surface area contributed by atoms with Crippen molar-refractivity contribution < 1.29 is 0 Å². The molecule has 0 amide bonds. The van der Waals surface area contributed by atoms with Gasteiger partial charge in [0, 0.05) is 26.8 Å².